The Bertz CT molecular complexity index is 742. The fraction of sp³-hybridized carbons (Fsp3) is 0.312. The Morgan fingerprint density at radius 2 is 1.92 bits per heavy atom. The predicted molar refractivity (Wildman–Crippen MR) is 85.8 cm³/mol. The van der Waals surface area contributed by atoms with Crippen LogP contribution in [0.25, 0.3) is 0 Å². The van der Waals surface area contributed by atoms with Gasteiger partial charge in [0.05, 0.1) is 44.2 Å². The summed E-state index contributed by atoms with van der Waals surface area (Å²) in [6.45, 7) is -0.222. The van der Waals surface area contributed by atoms with Gasteiger partial charge in [0, 0.05) is 6.54 Å². The number of phenols is 1. The van der Waals surface area contributed by atoms with Crippen molar-refractivity contribution in [3.05, 3.63) is 35.0 Å². The number of carbonyl (C=O) groups excluding carboxylic acids is 3. The van der Waals surface area contributed by atoms with Gasteiger partial charge in [-0.2, -0.15) is 0 Å². The smallest absolute Gasteiger partial charge is 0.337 e. The first-order valence-corrected chi connectivity index (χ1v) is 7.32. The lowest BCUT2D eigenvalue weighted by Gasteiger charge is -2.15. The van der Waals surface area contributed by atoms with E-state index < -0.39 is 17.8 Å². The maximum Gasteiger partial charge on any atom is 0.337 e. The van der Waals surface area contributed by atoms with Crippen molar-refractivity contribution in [2.24, 2.45) is 0 Å². The minimum Gasteiger partial charge on any atom is -0.506 e. The number of β-amino-alcohol motifs (C(OH)–C–C–N with tert-alkyl or cyclic N) is 1. The number of amides is 1. The fourth-order valence-electron chi connectivity index (χ4n) is 2.37. The van der Waals surface area contributed by atoms with E-state index in [1.807, 2.05) is 0 Å². The van der Waals surface area contributed by atoms with Crippen molar-refractivity contribution < 1.29 is 34.1 Å². The number of aliphatic hydroxyl groups excluding tert-OH is 1. The van der Waals surface area contributed by atoms with E-state index in [2.05, 4.69) is 14.8 Å². The van der Waals surface area contributed by atoms with E-state index in [0.717, 1.165) is 0 Å². The van der Waals surface area contributed by atoms with Crippen molar-refractivity contribution in [1.29, 1.82) is 0 Å². The summed E-state index contributed by atoms with van der Waals surface area (Å²) in [4.78, 5) is 37.0. The van der Waals surface area contributed by atoms with Crippen LogP contribution in [0.5, 0.6) is 5.75 Å². The summed E-state index contributed by atoms with van der Waals surface area (Å²) in [5, 5.41) is 21.8. The second kappa shape index (κ2) is 7.67. The molecule has 3 N–H and O–H groups in total. The van der Waals surface area contributed by atoms with Crippen LogP contribution in [-0.2, 0) is 19.1 Å². The van der Waals surface area contributed by atoms with Crippen LogP contribution in [0.1, 0.15) is 10.4 Å². The van der Waals surface area contributed by atoms with Gasteiger partial charge >= 0.3 is 11.9 Å². The molecule has 2 rings (SSSR count). The molecule has 0 aromatic heterocycles. The van der Waals surface area contributed by atoms with Crippen LogP contribution in [-0.4, -0.2) is 66.9 Å². The Morgan fingerprint density at radius 1 is 1.24 bits per heavy atom. The maximum absolute atomic E-state index is 12.4. The van der Waals surface area contributed by atoms with Crippen LogP contribution >= 0.6 is 0 Å². The Balaban J connectivity index is 2.33. The normalized spacial score (nSPS) is 13.9. The zero-order valence-electron chi connectivity index (χ0n) is 13.7. The van der Waals surface area contributed by atoms with Crippen LogP contribution in [0.4, 0.5) is 5.69 Å². The van der Waals surface area contributed by atoms with Gasteiger partial charge in [0.1, 0.15) is 11.4 Å². The molecule has 0 fully saturated rings. The molecule has 1 amide bonds. The van der Waals surface area contributed by atoms with Gasteiger partial charge in [-0.3, -0.25) is 4.79 Å². The quantitative estimate of drug-likeness (QED) is 0.478. The first-order chi connectivity index (χ1) is 11.9. The first-order valence-electron chi connectivity index (χ1n) is 7.32. The predicted octanol–water partition coefficient (Wildman–Crippen LogP) is -0.148. The van der Waals surface area contributed by atoms with Crippen molar-refractivity contribution in [2.75, 3.05) is 39.2 Å². The van der Waals surface area contributed by atoms with Gasteiger partial charge in [0.25, 0.3) is 5.91 Å². The molecule has 134 valence electrons. The van der Waals surface area contributed by atoms with E-state index in [1.165, 1.54) is 37.3 Å². The van der Waals surface area contributed by atoms with E-state index in [1.54, 1.807) is 0 Å². The van der Waals surface area contributed by atoms with Crippen molar-refractivity contribution >= 4 is 23.5 Å². The highest BCUT2D eigenvalue weighted by Crippen LogP contribution is 2.29. The molecule has 1 aliphatic heterocycles. The average Bonchev–Trinajstić information content (AvgIpc) is 2.92. The lowest BCUT2D eigenvalue weighted by molar-refractivity contribution is -0.136. The zero-order valence-corrected chi connectivity index (χ0v) is 13.7. The summed E-state index contributed by atoms with van der Waals surface area (Å²) < 4.78 is 9.23. The van der Waals surface area contributed by atoms with E-state index >= 15 is 0 Å². The molecular weight excluding hydrogens is 332 g/mol. The number of anilines is 1. The Hall–Kier alpha value is -3.07. The second-order valence-electron chi connectivity index (χ2n) is 5.14. The molecule has 0 unspecified atom stereocenters. The highest BCUT2D eigenvalue weighted by atomic mass is 16.5. The molecule has 1 aliphatic rings. The Labute approximate surface area is 143 Å². The van der Waals surface area contributed by atoms with Gasteiger partial charge in [0.15, 0.2) is 0 Å². The highest BCUT2D eigenvalue weighted by Gasteiger charge is 2.34. The third-order valence-corrected chi connectivity index (χ3v) is 3.63. The number of phenolic OH excluding ortho intramolecular Hbond substituents is 1. The fourth-order valence-corrected chi connectivity index (χ4v) is 2.37. The molecule has 0 atom stereocenters. The van der Waals surface area contributed by atoms with E-state index in [0.29, 0.717) is 0 Å². The molecule has 0 saturated carbocycles. The number of aromatic hydroxyl groups is 1. The largest absolute Gasteiger partial charge is 0.506 e. The van der Waals surface area contributed by atoms with E-state index in [4.69, 9.17) is 5.11 Å². The Kier molecular flexibility index (Phi) is 5.60. The molecule has 1 aromatic rings. The number of nitrogens with one attached hydrogen (secondary N) is 1. The SMILES string of the molecule is COC(=O)C1=C(Nc2ccc(C(=O)OC)cc2O)C(=O)N(CCO)C1. The maximum atomic E-state index is 12.4. The Morgan fingerprint density at radius 3 is 2.48 bits per heavy atom. The molecule has 0 spiro atoms. The number of nitrogens with zero attached hydrogens (tertiary/aromatic N) is 1. The summed E-state index contributed by atoms with van der Waals surface area (Å²) in [5.74, 6) is -2.12. The van der Waals surface area contributed by atoms with Crippen LogP contribution < -0.4 is 5.32 Å². The molecule has 0 saturated heterocycles. The molecule has 9 heteroatoms. The van der Waals surface area contributed by atoms with Crippen molar-refractivity contribution in [3.8, 4) is 5.75 Å². The van der Waals surface area contributed by atoms with Gasteiger partial charge in [-0.15, -0.1) is 0 Å². The number of esters is 2. The molecule has 0 radical (unpaired) electrons. The first kappa shape index (κ1) is 18.3. The number of aliphatic hydroxyl groups is 1. The van der Waals surface area contributed by atoms with Gasteiger partial charge in [0.2, 0.25) is 0 Å². The molecule has 1 heterocycles. The molecule has 9 nitrogen and oxygen atoms in total. The number of benzene rings is 1. The zero-order chi connectivity index (χ0) is 18.6. The summed E-state index contributed by atoms with van der Waals surface area (Å²) in [6, 6.07) is 3.96. The number of rotatable bonds is 6. The van der Waals surface area contributed by atoms with Crippen molar-refractivity contribution in [2.45, 2.75) is 0 Å². The molecule has 0 aliphatic carbocycles. The van der Waals surface area contributed by atoms with Gasteiger partial charge in [-0.05, 0) is 18.2 Å². The van der Waals surface area contributed by atoms with Crippen LogP contribution in [0, 0.1) is 0 Å². The molecule has 25 heavy (non-hydrogen) atoms. The molecule has 0 bridgehead atoms. The average molecular weight is 350 g/mol. The number of hydrogen-bond acceptors (Lipinski definition) is 8. The lowest BCUT2D eigenvalue weighted by Crippen LogP contribution is -2.31. The monoisotopic (exact) mass is 350 g/mol. The van der Waals surface area contributed by atoms with Gasteiger partial charge in [-0.1, -0.05) is 0 Å². The van der Waals surface area contributed by atoms with Gasteiger partial charge < -0.3 is 29.9 Å². The van der Waals surface area contributed by atoms with E-state index in [9.17, 15) is 19.5 Å². The lowest BCUT2D eigenvalue weighted by atomic mass is 10.1. The number of carbonyl (C=O) groups is 3. The number of ether oxygens (including phenoxy) is 2. The summed E-state index contributed by atoms with van der Waals surface area (Å²) in [6.07, 6.45) is 0. The number of hydrogen-bond donors (Lipinski definition) is 3. The number of methoxy groups -OCH3 is 2. The summed E-state index contributed by atoms with van der Waals surface area (Å²) in [7, 11) is 2.40. The topological polar surface area (TPSA) is 125 Å². The minimum atomic E-state index is -0.693. The highest BCUT2D eigenvalue weighted by molar-refractivity contribution is 6.08. The molecular formula is C16H18N2O7. The third-order valence-electron chi connectivity index (χ3n) is 3.63. The van der Waals surface area contributed by atoms with Crippen LogP contribution in [0.15, 0.2) is 29.5 Å². The van der Waals surface area contributed by atoms with Crippen LogP contribution in [0.3, 0.4) is 0 Å². The summed E-state index contributed by atoms with van der Waals surface area (Å²) >= 11 is 0. The van der Waals surface area contributed by atoms with E-state index in [-0.39, 0.29) is 48.0 Å². The third kappa shape index (κ3) is 3.72. The minimum absolute atomic E-state index is 0.0184. The van der Waals surface area contributed by atoms with Crippen molar-refractivity contribution in [1.82, 2.24) is 4.90 Å². The molecule has 1 aromatic carbocycles. The van der Waals surface area contributed by atoms with Crippen molar-refractivity contribution in [3.63, 3.8) is 0 Å². The summed E-state index contributed by atoms with van der Waals surface area (Å²) in [5.41, 5.74) is 0.287. The second-order valence-corrected chi connectivity index (χ2v) is 5.14. The standard InChI is InChI=1S/C16H18N2O7/c1-24-15(22)9-3-4-11(12(20)7-9)17-13-10(16(23)25-2)8-18(5-6-19)14(13)21/h3-4,7,17,19-20H,5-6,8H2,1-2H3. The van der Waals surface area contributed by atoms with Crippen LogP contribution in [0.2, 0.25) is 0 Å². The van der Waals surface area contributed by atoms with Gasteiger partial charge in [-0.25, -0.2) is 9.59 Å².